The van der Waals surface area contributed by atoms with Gasteiger partial charge in [-0.3, -0.25) is 4.79 Å². The van der Waals surface area contributed by atoms with Crippen molar-refractivity contribution >= 4 is 17.2 Å². The fourth-order valence-corrected chi connectivity index (χ4v) is 2.59. The molecule has 1 aromatic rings. The summed E-state index contributed by atoms with van der Waals surface area (Å²) in [6.07, 6.45) is 1.80. The maximum Gasteiger partial charge on any atom is 0.236 e. The van der Waals surface area contributed by atoms with Crippen molar-refractivity contribution in [1.29, 1.82) is 0 Å². The van der Waals surface area contributed by atoms with Crippen LogP contribution in [0.5, 0.6) is 0 Å². The molecule has 0 saturated carbocycles. The molecular formula is C14H24N2O2S. The minimum Gasteiger partial charge on any atom is -0.385 e. The lowest BCUT2D eigenvalue weighted by atomic mass is 10.1. The van der Waals surface area contributed by atoms with E-state index in [1.807, 2.05) is 6.92 Å². The van der Waals surface area contributed by atoms with Crippen LogP contribution >= 0.6 is 11.3 Å². The Labute approximate surface area is 119 Å². The highest BCUT2D eigenvalue weighted by atomic mass is 32.1. The molecule has 0 fully saturated rings. The third-order valence-electron chi connectivity index (χ3n) is 2.87. The Hall–Kier alpha value is -0.910. The van der Waals surface area contributed by atoms with Crippen LogP contribution in [-0.4, -0.2) is 38.3 Å². The molecule has 19 heavy (non-hydrogen) atoms. The van der Waals surface area contributed by atoms with E-state index in [2.05, 4.69) is 34.4 Å². The second-order valence-electron chi connectivity index (χ2n) is 4.76. The van der Waals surface area contributed by atoms with E-state index in [9.17, 15) is 4.79 Å². The number of carbonyl (C=O) groups excluding carboxylic acids is 1. The van der Waals surface area contributed by atoms with Crippen LogP contribution in [0.4, 0.5) is 0 Å². The molecule has 5 heteroatoms. The van der Waals surface area contributed by atoms with E-state index >= 15 is 0 Å². The summed E-state index contributed by atoms with van der Waals surface area (Å²) in [7, 11) is 1.66. The Kier molecular flexibility index (Phi) is 7.70. The van der Waals surface area contributed by atoms with Crippen molar-refractivity contribution in [1.82, 2.24) is 10.6 Å². The van der Waals surface area contributed by atoms with Gasteiger partial charge in [-0.15, -0.1) is 0 Å². The van der Waals surface area contributed by atoms with Gasteiger partial charge in [-0.1, -0.05) is 0 Å². The highest BCUT2D eigenvalue weighted by Crippen LogP contribution is 2.08. The lowest BCUT2D eigenvalue weighted by molar-refractivity contribution is -0.122. The molecule has 1 rings (SSSR count). The highest BCUT2D eigenvalue weighted by Gasteiger charge is 2.14. The Morgan fingerprint density at radius 3 is 2.89 bits per heavy atom. The molecule has 1 amide bonds. The standard InChI is InChI=1S/C14H24N2O2S/c1-11(9-13-5-8-19-10-13)16-12(2)14(17)15-6-4-7-18-3/h5,8,10-12,16H,4,6-7,9H2,1-3H3,(H,15,17). The van der Waals surface area contributed by atoms with E-state index in [0.29, 0.717) is 13.2 Å². The van der Waals surface area contributed by atoms with Gasteiger partial charge >= 0.3 is 0 Å². The SMILES string of the molecule is COCCCNC(=O)C(C)NC(C)Cc1ccsc1. The Morgan fingerprint density at radius 1 is 1.47 bits per heavy atom. The zero-order valence-electron chi connectivity index (χ0n) is 11.9. The van der Waals surface area contributed by atoms with Crippen molar-refractivity contribution in [3.05, 3.63) is 22.4 Å². The second kappa shape index (κ2) is 9.07. The fourth-order valence-electron chi connectivity index (χ4n) is 1.90. The van der Waals surface area contributed by atoms with Gasteiger partial charge in [-0.2, -0.15) is 11.3 Å². The minimum absolute atomic E-state index is 0.0493. The first-order valence-corrected chi connectivity index (χ1v) is 7.61. The van der Waals surface area contributed by atoms with E-state index in [0.717, 1.165) is 12.8 Å². The van der Waals surface area contributed by atoms with Crippen LogP contribution in [0.25, 0.3) is 0 Å². The third kappa shape index (κ3) is 6.71. The molecule has 1 heterocycles. The van der Waals surface area contributed by atoms with E-state index in [1.165, 1.54) is 5.56 Å². The topological polar surface area (TPSA) is 50.4 Å². The predicted molar refractivity (Wildman–Crippen MR) is 79.6 cm³/mol. The average molecular weight is 284 g/mol. The van der Waals surface area contributed by atoms with E-state index in [1.54, 1.807) is 18.4 Å². The summed E-state index contributed by atoms with van der Waals surface area (Å²) >= 11 is 1.70. The molecule has 0 bridgehead atoms. The summed E-state index contributed by atoms with van der Waals surface area (Å²) in [4.78, 5) is 11.8. The minimum atomic E-state index is -0.170. The Morgan fingerprint density at radius 2 is 2.26 bits per heavy atom. The van der Waals surface area contributed by atoms with Gasteiger partial charge in [0.2, 0.25) is 5.91 Å². The lowest BCUT2D eigenvalue weighted by Crippen LogP contribution is -2.46. The summed E-state index contributed by atoms with van der Waals surface area (Å²) in [5.41, 5.74) is 1.32. The number of ether oxygens (including phenoxy) is 1. The van der Waals surface area contributed by atoms with Gasteiger partial charge in [-0.25, -0.2) is 0 Å². The highest BCUT2D eigenvalue weighted by molar-refractivity contribution is 7.07. The lowest BCUT2D eigenvalue weighted by Gasteiger charge is -2.19. The summed E-state index contributed by atoms with van der Waals surface area (Å²) in [5.74, 6) is 0.0493. The zero-order chi connectivity index (χ0) is 14.1. The number of amides is 1. The third-order valence-corrected chi connectivity index (χ3v) is 3.61. The van der Waals surface area contributed by atoms with Gasteiger partial charge in [0.15, 0.2) is 0 Å². The molecule has 0 aliphatic heterocycles. The predicted octanol–water partition coefficient (Wildman–Crippen LogP) is 1.81. The number of nitrogens with one attached hydrogen (secondary N) is 2. The number of carbonyl (C=O) groups is 1. The molecule has 2 N–H and O–H groups in total. The molecule has 0 aliphatic carbocycles. The fraction of sp³-hybridized carbons (Fsp3) is 0.643. The van der Waals surface area contributed by atoms with Crippen LogP contribution in [0.3, 0.4) is 0 Å². The molecule has 0 aliphatic rings. The van der Waals surface area contributed by atoms with Crippen molar-refractivity contribution in [2.45, 2.75) is 38.8 Å². The quantitative estimate of drug-likeness (QED) is 0.680. The first-order chi connectivity index (χ1) is 9.13. The van der Waals surface area contributed by atoms with Gasteiger partial charge in [0, 0.05) is 26.3 Å². The van der Waals surface area contributed by atoms with Gasteiger partial charge in [0.05, 0.1) is 6.04 Å². The summed E-state index contributed by atoms with van der Waals surface area (Å²) in [6, 6.07) is 2.24. The smallest absolute Gasteiger partial charge is 0.236 e. The van der Waals surface area contributed by atoms with Gasteiger partial charge in [0.1, 0.15) is 0 Å². The molecule has 2 atom stereocenters. The number of rotatable bonds is 9. The monoisotopic (exact) mass is 284 g/mol. The Balaban J connectivity index is 2.21. The summed E-state index contributed by atoms with van der Waals surface area (Å²) in [5, 5.41) is 10.4. The largest absolute Gasteiger partial charge is 0.385 e. The molecule has 0 radical (unpaired) electrons. The van der Waals surface area contributed by atoms with Gasteiger partial charge in [0.25, 0.3) is 0 Å². The van der Waals surface area contributed by atoms with Crippen LogP contribution in [0.2, 0.25) is 0 Å². The molecule has 4 nitrogen and oxygen atoms in total. The van der Waals surface area contributed by atoms with Crippen molar-refractivity contribution in [2.24, 2.45) is 0 Å². The average Bonchev–Trinajstić information content (AvgIpc) is 2.86. The maximum absolute atomic E-state index is 11.8. The molecule has 0 saturated heterocycles. The number of hydrogen-bond donors (Lipinski definition) is 2. The normalized spacial score (nSPS) is 14.1. The van der Waals surface area contributed by atoms with Crippen molar-refractivity contribution < 1.29 is 9.53 Å². The molecule has 0 spiro atoms. The van der Waals surface area contributed by atoms with Crippen LogP contribution < -0.4 is 10.6 Å². The summed E-state index contributed by atoms with van der Waals surface area (Å²) < 4.78 is 4.94. The summed E-state index contributed by atoms with van der Waals surface area (Å²) in [6.45, 7) is 5.34. The van der Waals surface area contributed by atoms with E-state index in [4.69, 9.17) is 4.74 Å². The zero-order valence-corrected chi connectivity index (χ0v) is 12.8. The number of methoxy groups -OCH3 is 1. The van der Waals surface area contributed by atoms with Crippen molar-refractivity contribution in [3.63, 3.8) is 0 Å². The van der Waals surface area contributed by atoms with Gasteiger partial charge < -0.3 is 15.4 Å². The first kappa shape index (κ1) is 16.1. The molecule has 2 unspecified atom stereocenters. The van der Waals surface area contributed by atoms with Crippen LogP contribution in [0.15, 0.2) is 16.8 Å². The van der Waals surface area contributed by atoms with Gasteiger partial charge in [-0.05, 0) is 49.1 Å². The first-order valence-electron chi connectivity index (χ1n) is 6.67. The number of hydrogen-bond acceptors (Lipinski definition) is 4. The van der Waals surface area contributed by atoms with E-state index in [-0.39, 0.29) is 18.0 Å². The van der Waals surface area contributed by atoms with Crippen LogP contribution in [0, 0.1) is 0 Å². The van der Waals surface area contributed by atoms with Crippen molar-refractivity contribution in [3.8, 4) is 0 Å². The molecule has 1 aromatic heterocycles. The second-order valence-corrected chi connectivity index (χ2v) is 5.54. The Bertz CT molecular complexity index is 354. The maximum atomic E-state index is 11.8. The number of thiophene rings is 1. The van der Waals surface area contributed by atoms with E-state index < -0.39 is 0 Å². The molecular weight excluding hydrogens is 260 g/mol. The van der Waals surface area contributed by atoms with Crippen LogP contribution in [0.1, 0.15) is 25.8 Å². The molecule has 0 aromatic carbocycles. The molecule has 108 valence electrons. The van der Waals surface area contributed by atoms with Crippen molar-refractivity contribution in [2.75, 3.05) is 20.3 Å². The van der Waals surface area contributed by atoms with Crippen LogP contribution in [-0.2, 0) is 16.0 Å².